The molecule has 0 saturated heterocycles. The van der Waals surface area contributed by atoms with Gasteiger partial charge in [-0.15, -0.1) is 0 Å². The third-order valence-electron chi connectivity index (χ3n) is 1.84. The number of allylic oxidation sites excluding steroid dienone is 3. The molecule has 0 aliphatic heterocycles. The molecule has 0 atom stereocenters. The zero-order chi connectivity index (χ0) is 9.35. The van der Waals surface area contributed by atoms with Gasteiger partial charge in [0.05, 0.1) is 0 Å². The van der Waals surface area contributed by atoms with Crippen molar-refractivity contribution in [3.63, 3.8) is 0 Å². The fourth-order valence-electron chi connectivity index (χ4n) is 1.05. The van der Waals surface area contributed by atoms with Crippen LogP contribution in [0, 0.1) is 5.41 Å². The van der Waals surface area contributed by atoms with Gasteiger partial charge in [-0.3, -0.25) is 4.79 Å². The van der Waals surface area contributed by atoms with Crippen LogP contribution in [-0.2, 0) is 9.59 Å². The molecule has 0 fully saturated rings. The second-order valence-corrected chi connectivity index (χ2v) is 3.30. The lowest BCUT2D eigenvalue weighted by molar-refractivity contribution is -0.135. The number of rotatable bonds is 1. The summed E-state index contributed by atoms with van der Waals surface area (Å²) in [5, 5.41) is 8.62. The number of carboxylic acids is 1. The molecule has 0 aromatic heterocycles. The summed E-state index contributed by atoms with van der Waals surface area (Å²) < 4.78 is 0. The topological polar surface area (TPSA) is 54.4 Å². The van der Waals surface area contributed by atoms with Gasteiger partial charge in [-0.05, 0) is 19.9 Å². The van der Waals surface area contributed by atoms with E-state index >= 15 is 0 Å². The number of aliphatic carboxylic acids is 1. The Labute approximate surface area is 70.4 Å². The molecule has 0 radical (unpaired) electrons. The summed E-state index contributed by atoms with van der Waals surface area (Å²) in [6, 6.07) is 0. The smallest absolute Gasteiger partial charge is 0.339 e. The van der Waals surface area contributed by atoms with Crippen molar-refractivity contribution >= 4 is 11.8 Å². The van der Waals surface area contributed by atoms with E-state index in [1.807, 2.05) is 0 Å². The van der Waals surface area contributed by atoms with Crippen molar-refractivity contribution in [3.05, 3.63) is 23.8 Å². The van der Waals surface area contributed by atoms with Crippen molar-refractivity contribution in [1.82, 2.24) is 0 Å². The molecule has 1 aliphatic carbocycles. The van der Waals surface area contributed by atoms with Gasteiger partial charge in [0.1, 0.15) is 5.57 Å². The van der Waals surface area contributed by atoms with Gasteiger partial charge >= 0.3 is 5.97 Å². The molecule has 0 bridgehead atoms. The Morgan fingerprint density at radius 1 is 1.50 bits per heavy atom. The Balaban J connectivity index is 3.08. The predicted octanol–water partition coefficient (Wildman–Crippen LogP) is 1.16. The predicted molar refractivity (Wildman–Crippen MR) is 43.6 cm³/mol. The van der Waals surface area contributed by atoms with Crippen LogP contribution in [0.4, 0.5) is 0 Å². The van der Waals surface area contributed by atoms with Gasteiger partial charge in [-0.2, -0.15) is 0 Å². The molecular formula is C9H10O3. The van der Waals surface area contributed by atoms with E-state index in [0.717, 1.165) is 0 Å². The molecule has 0 amide bonds. The molecule has 1 N–H and O–H groups in total. The molecule has 64 valence electrons. The number of carbonyl (C=O) groups is 2. The fourth-order valence-corrected chi connectivity index (χ4v) is 1.05. The Morgan fingerprint density at radius 2 is 2.08 bits per heavy atom. The first-order valence-corrected chi connectivity index (χ1v) is 3.63. The van der Waals surface area contributed by atoms with Crippen molar-refractivity contribution in [2.75, 3.05) is 0 Å². The monoisotopic (exact) mass is 166 g/mol. The summed E-state index contributed by atoms with van der Waals surface area (Å²) >= 11 is 0. The van der Waals surface area contributed by atoms with Crippen molar-refractivity contribution in [2.45, 2.75) is 13.8 Å². The first-order chi connectivity index (χ1) is 5.45. The van der Waals surface area contributed by atoms with Crippen LogP contribution in [0.15, 0.2) is 23.8 Å². The largest absolute Gasteiger partial charge is 0.478 e. The fraction of sp³-hybridized carbons (Fsp3) is 0.333. The lowest BCUT2D eigenvalue weighted by atomic mass is 9.81. The molecule has 0 saturated carbocycles. The highest BCUT2D eigenvalue weighted by molar-refractivity contribution is 6.20. The van der Waals surface area contributed by atoms with Crippen molar-refractivity contribution in [3.8, 4) is 0 Å². The second kappa shape index (κ2) is 2.59. The SMILES string of the molecule is CC1(C)C=CC=C(C(=O)O)C1=O. The number of ketones is 1. The molecule has 12 heavy (non-hydrogen) atoms. The maximum atomic E-state index is 11.4. The Hall–Kier alpha value is -1.38. The minimum absolute atomic E-state index is 0.137. The lowest BCUT2D eigenvalue weighted by Crippen LogP contribution is -2.28. The lowest BCUT2D eigenvalue weighted by Gasteiger charge is -2.21. The van der Waals surface area contributed by atoms with Crippen LogP contribution in [0.2, 0.25) is 0 Å². The first-order valence-electron chi connectivity index (χ1n) is 3.63. The summed E-state index contributed by atoms with van der Waals surface area (Å²) in [5.41, 5.74) is -0.815. The first kappa shape index (κ1) is 8.71. The Bertz CT molecular complexity index is 295. The van der Waals surface area contributed by atoms with Gasteiger partial charge in [0.15, 0.2) is 5.78 Å². The van der Waals surface area contributed by atoms with E-state index in [-0.39, 0.29) is 11.4 Å². The molecule has 0 heterocycles. The molecule has 0 aromatic carbocycles. The van der Waals surface area contributed by atoms with E-state index in [9.17, 15) is 9.59 Å². The molecule has 1 rings (SSSR count). The minimum atomic E-state index is -1.16. The standard InChI is InChI=1S/C9H10O3/c1-9(2)5-3-4-6(7(9)10)8(11)12/h3-5H,1-2H3,(H,11,12). The second-order valence-electron chi connectivity index (χ2n) is 3.30. The van der Waals surface area contributed by atoms with Gasteiger partial charge in [0.2, 0.25) is 0 Å². The van der Waals surface area contributed by atoms with Crippen LogP contribution in [0.5, 0.6) is 0 Å². The van der Waals surface area contributed by atoms with E-state index in [1.54, 1.807) is 26.0 Å². The minimum Gasteiger partial charge on any atom is -0.478 e. The highest BCUT2D eigenvalue weighted by Gasteiger charge is 2.32. The van der Waals surface area contributed by atoms with Crippen molar-refractivity contribution in [2.24, 2.45) is 5.41 Å². The van der Waals surface area contributed by atoms with Crippen LogP contribution in [0.25, 0.3) is 0 Å². The number of hydrogen-bond donors (Lipinski definition) is 1. The number of Topliss-reactive ketones (excluding diaryl/α,β-unsaturated/α-hetero) is 1. The molecule has 0 unspecified atom stereocenters. The Kier molecular flexibility index (Phi) is 1.88. The van der Waals surface area contributed by atoms with E-state index in [4.69, 9.17) is 5.11 Å². The number of hydrogen-bond acceptors (Lipinski definition) is 2. The van der Waals surface area contributed by atoms with Gasteiger partial charge in [-0.1, -0.05) is 12.2 Å². The summed E-state index contributed by atoms with van der Waals surface area (Å²) in [6.45, 7) is 3.39. The van der Waals surface area contributed by atoms with Crippen LogP contribution in [0.3, 0.4) is 0 Å². The van der Waals surface area contributed by atoms with E-state index in [2.05, 4.69) is 0 Å². The third kappa shape index (κ3) is 1.30. The van der Waals surface area contributed by atoms with Crippen molar-refractivity contribution in [1.29, 1.82) is 0 Å². The van der Waals surface area contributed by atoms with Crippen LogP contribution in [0.1, 0.15) is 13.8 Å². The van der Waals surface area contributed by atoms with E-state index < -0.39 is 11.4 Å². The Morgan fingerprint density at radius 3 is 2.50 bits per heavy atom. The van der Waals surface area contributed by atoms with Gasteiger partial charge in [0.25, 0.3) is 0 Å². The van der Waals surface area contributed by atoms with Gasteiger partial charge in [0, 0.05) is 5.41 Å². The normalized spacial score (nSPS) is 20.5. The zero-order valence-corrected chi connectivity index (χ0v) is 7.00. The number of carboxylic acid groups (broad SMARTS) is 1. The summed E-state index contributed by atoms with van der Waals surface area (Å²) in [5.74, 6) is -1.49. The summed E-state index contributed by atoms with van der Waals surface area (Å²) in [6.07, 6.45) is 4.63. The maximum Gasteiger partial charge on any atom is 0.339 e. The van der Waals surface area contributed by atoms with Crippen molar-refractivity contribution < 1.29 is 14.7 Å². The molecule has 0 aromatic rings. The quantitative estimate of drug-likeness (QED) is 0.595. The molecule has 3 nitrogen and oxygen atoms in total. The summed E-state index contributed by atoms with van der Waals surface area (Å²) in [7, 11) is 0. The van der Waals surface area contributed by atoms with Gasteiger partial charge in [-0.25, -0.2) is 4.79 Å². The molecule has 0 spiro atoms. The van der Waals surface area contributed by atoms with Gasteiger partial charge < -0.3 is 5.11 Å². The summed E-state index contributed by atoms with van der Waals surface area (Å²) in [4.78, 5) is 21.9. The van der Waals surface area contributed by atoms with E-state index in [1.165, 1.54) is 6.08 Å². The average molecular weight is 166 g/mol. The molecular weight excluding hydrogens is 156 g/mol. The van der Waals surface area contributed by atoms with Crippen LogP contribution < -0.4 is 0 Å². The molecule has 1 aliphatic rings. The van der Waals surface area contributed by atoms with E-state index in [0.29, 0.717) is 0 Å². The highest BCUT2D eigenvalue weighted by atomic mass is 16.4. The highest BCUT2D eigenvalue weighted by Crippen LogP contribution is 2.26. The maximum absolute atomic E-state index is 11.4. The average Bonchev–Trinajstić information content (AvgIpc) is 1.94. The number of carbonyl (C=O) groups excluding carboxylic acids is 1. The molecule has 3 heteroatoms. The van der Waals surface area contributed by atoms with Crippen LogP contribution >= 0.6 is 0 Å². The third-order valence-corrected chi connectivity index (χ3v) is 1.84. The van der Waals surface area contributed by atoms with Crippen LogP contribution in [-0.4, -0.2) is 16.9 Å². The zero-order valence-electron chi connectivity index (χ0n) is 7.00.